The summed E-state index contributed by atoms with van der Waals surface area (Å²) in [6.07, 6.45) is 4.37. The zero-order valence-electron chi connectivity index (χ0n) is 11.9. The van der Waals surface area contributed by atoms with E-state index < -0.39 is 18.0 Å². The van der Waals surface area contributed by atoms with Crippen molar-refractivity contribution in [1.82, 2.24) is 9.97 Å². The molecule has 1 aliphatic carbocycles. The Morgan fingerprint density at radius 3 is 2.82 bits per heavy atom. The van der Waals surface area contributed by atoms with Crippen LogP contribution in [-0.2, 0) is 14.3 Å². The second-order valence-corrected chi connectivity index (χ2v) is 5.10. The van der Waals surface area contributed by atoms with Gasteiger partial charge >= 0.3 is 5.97 Å². The maximum Gasteiger partial charge on any atom is 0.310 e. The summed E-state index contributed by atoms with van der Waals surface area (Å²) in [5.74, 6) is -0.0932. The van der Waals surface area contributed by atoms with Crippen LogP contribution in [0.5, 0.6) is 0 Å². The first kappa shape index (κ1) is 14.2. The van der Waals surface area contributed by atoms with E-state index >= 15 is 0 Å². The van der Waals surface area contributed by atoms with Crippen molar-refractivity contribution in [3.05, 3.63) is 42.6 Å². The lowest BCUT2D eigenvalue weighted by Gasteiger charge is -2.12. The number of aromatic nitrogens is 2. The number of nitrogens with one attached hydrogen (secondary N) is 1. The summed E-state index contributed by atoms with van der Waals surface area (Å²) in [7, 11) is 0. The molecule has 0 saturated heterocycles. The van der Waals surface area contributed by atoms with Gasteiger partial charge in [0, 0.05) is 18.3 Å². The normalized spacial score (nSPS) is 21.0. The predicted molar refractivity (Wildman–Crippen MR) is 75.8 cm³/mol. The van der Waals surface area contributed by atoms with Crippen molar-refractivity contribution in [3.63, 3.8) is 0 Å². The van der Waals surface area contributed by atoms with Crippen molar-refractivity contribution in [1.29, 1.82) is 0 Å². The standard InChI is InChI=1S/C15H15N3O4/c1-9(13(19)18-15-16-5-3-6-17-15)22-14(20)11-8-10(11)12-4-2-7-21-12/h2-7,9-11H,8H2,1H3,(H,16,17,18,19)/t9-,10-,11-/m0/s1. The first-order chi connectivity index (χ1) is 10.6. The second kappa shape index (κ2) is 5.97. The SMILES string of the molecule is C[C@H](OC(=O)[C@H]1C[C@@H]1c1ccco1)C(=O)Nc1ncccn1. The molecule has 1 fully saturated rings. The second-order valence-electron chi connectivity index (χ2n) is 5.10. The topological polar surface area (TPSA) is 94.3 Å². The van der Waals surface area contributed by atoms with Gasteiger partial charge in [0.05, 0.1) is 12.2 Å². The molecule has 7 nitrogen and oxygen atoms in total. The molecule has 0 aromatic carbocycles. The van der Waals surface area contributed by atoms with E-state index in [1.54, 1.807) is 18.4 Å². The Bertz CT molecular complexity index is 657. The molecule has 114 valence electrons. The van der Waals surface area contributed by atoms with Crippen LogP contribution in [0, 0.1) is 5.92 Å². The van der Waals surface area contributed by atoms with Gasteiger partial charge in [-0.1, -0.05) is 0 Å². The van der Waals surface area contributed by atoms with Crippen LogP contribution in [0.2, 0.25) is 0 Å². The molecule has 2 heterocycles. The van der Waals surface area contributed by atoms with E-state index in [1.165, 1.54) is 19.3 Å². The molecule has 2 aromatic heterocycles. The summed E-state index contributed by atoms with van der Waals surface area (Å²) < 4.78 is 10.5. The highest BCUT2D eigenvalue weighted by Gasteiger charge is 2.47. The maximum absolute atomic E-state index is 12.0. The molecule has 2 aromatic rings. The van der Waals surface area contributed by atoms with E-state index in [2.05, 4.69) is 15.3 Å². The summed E-state index contributed by atoms with van der Waals surface area (Å²) in [5.41, 5.74) is 0. The van der Waals surface area contributed by atoms with Crippen molar-refractivity contribution >= 4 is 17.8 Å². The summed E-state index contributed by atoms with van der Waals surface area (Å²) in [4.78, 5) is 31.7. The molecule has 1 amide bonds. The first-order valence-electron chi connectivity index (χ1n) is 6.97. The van der Waals surface area contributed by atoms with Gasteiger partial charge in [0.15, 0.2) is 6.10 Å². The Kier molecular flexibility index (Phi) is 3.86. The minimum atomic E-state index is -0.908. The molecule has 0 radical (unpaired) electrons. The van der Waals surface area contributed by atoms with Gasteiger partial charge in [0.1, 0.15) is 5.76 Å². The number of anilines is 1. The molecular weight excluding hydrogens is 286 g/mol. The van der Waals surface area contributed by atoms with Crippen LogP contribution in [0.3, 0.4) is 0 Å². The fourth-order valence-corrected chi connectivity index (χ4v) is 2.16. The van der Waals surface area contributed by atoms with Crippen LogP contribution < -0.4 is 5.32 Å². The number of ether oxygens (including phenoxy) is 1. The molecule has 0 aliphatic heterocycles. The van der Waals surface area contributed by atoms with Crippen molar-refractivity contribution in [3.8, 4) is 0 Å². The van der Waals surface area contributed by atoms with Gasteiger partial charge in [-0.15, -0.1) is 0 Å². The van der Waals surface area contributed by atoms with Crippen molar-refractivity contribution in [2.45, 2.75) is 25.4 Å². The molecule has 1 saturated carbocycles. The highest BCUT2D eigenvalue weighted by Crippen LogP contribution is 2.48. The van der Waals surface area contributed by atoms with Crippen LogP contribution in [0.1, 0.15) is 25.0 Å². The minimum Gasteiger partial charge on any atom is -0.469 e. The molecule has 0 bridgehead atoms. The number of amides is 1. The number of rotatable bonds is 5. The van der Waals surface area contributed by atoms with Crippen LogP contribution in [0.25, 0.3) is 0 Å². The molecule has 1 N–H and O–H groups in total. The van der Waals surface area contributed by atoms with Crippen LogP contribution in [-0.4, -0.2) is 27.9 Å². The van der Waals surface area contributed by atoms with Crippen molar-refractivity contribution in [2.75, 3.05) is 5.32 Å². The monoisotopic (exact) mass is 301 g/mol. The number of nitrogens with zero attached hydrogens (tertiary/aromatic N) is 2. The first-order valence-corrected chi connectivity index (χ1v) is 6.97. The largest absolute Gasteiger partial charge is 0.469 e. The Balaban J connectivity index is 1.50. The molecule has 0 unspecified atom stereocenters. The number of esters is 1. The summed E-state index contributed by atoms with van der Waals surface area (Å²) >= 11 is 0. The van der Waals surface area contributed by atoms with E-state index in [9.17, 15) is 9.59 Å². The predicted octanol–water partition coefficient (Wildman–Crippen LogP) is 1.74. The minimum absolute atomic E-state index is 0.0511. The summed E-state index contributed by atoms with van der Waals surface area (Å²) in [6.45, 7) is 1.51. The van der Waals surface area contributed by atoms with Crippen LogP contribution in [0.4, 0.5) is 5.95 Å². The highest BCUT2D eigenvalue weighted by atomic mass is 16.5. The lowest BCUT2D eigenvalue weighted by atomic mass is 10.2. The fourth-order valence-electron chi connectivity index (χ4n) is 2.16. The summed E-state index contributed by atoms with van der Waals surface area (Å²) in [5, 5.41) is 2.49. The number of hydrogen-bond donors (Lipinski definition) is 1. The zero-order valence-corrected chi connectivity index (χ0v) is 11.9. The molecule has 0 spiro atoms. The third-order valence-corrected chi connectivity index (χ3v) is 3.46. The molecule has 22 heavy (non-hydrogen) atoms. The lowest BCUT2D eigenvalue weighted by molar-refractivity contribution is -0.154. The van der Waals surface area contributed by atoms with E-state index in [1.807, 2.05) is 6.07 Å². The molecule has 1 aliphatic rings. The van der Waals surface area contributed by atoms with Gasteiger partial charge in [0.2, 0.25) is 5.95 Å². The lowest BCUT2D eigenvalue weighted by Crippen LogP contribution is -2.31. The molecule has 7 heteroatoms. The van der Waals surface area contributed by atoms with Gasteiger partial charge in [-0.05, 0) is 31.5 Å². The quantitative estimate of drug-likeness (QED) is 0.845. The van der Waals surface area contributed by atoms with Gasteiger partial charge in [-0.25, -0.2) is 9.97 Å². The van der Waals surface area contributed by atoms with Gasteiger partial charge < -0.3 is 9.15 Å². The van der Waals surface area contributed by atoms with Crippen LogP contribution >= 0.6 is 0 Å². The average Bonchev–Trinajstić information content (AvgIpc) is 3.14. The van der Waals surface area contributed by atoms with Crippen molar-refractivity contribution in [2.24, 2.45) is 5.92 Å². The number of furan rings is 1. The molecule has 3 atom stereocenters. The third kappa shape index (κ3) is 3.13. The van der Waals surface area contributed by atoms with E-state index in [-0.39, 0.29) is 17.8 Å². The van der Waals surface area contributed by atoms with Crippen LogP contribution in [0.15, 0.2) is 41.3 Å². The average molecular weight is 301 g/mol. The Hall–Kier alpha value is -2.70. The summed E-state index contributed by atoms with van der Waals surface area (Å²) in [6, 6.07) is 5.26. The Morgan fingerprint density at radius 1 is 1.36 bits per heavy atom. The number of carbonyl (C=O) groups excluding carboxylic acids is 2. The Morgan fingerprint density at radius 2 is 2.14 bits per heavy atom. The van der Waals surface area contributed by atoms with Crippen molar-refractivity contribution < 1.29 is 18.7 Å². The van der Waals surface area contributed by atoms with E-state index in [4.69, 9.17) is 9.15 Å². The van der Waals surface area contributed by atoms with Gasteiger partial charge in [-0.3, -0.25) is 14.9 Å². The van der Waals surface area contributed by atoms with Gasteiger partial charge in [-0.2, -0.15) is 0 Å². The number of hydrogen-bond acceptors (Lipinski definition) is 6. The molecular formula is C15H15N3O4. The highest BCUT2D eigenvalue weighted by molar-refractivity contribution is 5.94. The van der Waals surface area contributed by atoms with Gasteiger partial charge in [0.25, 0.3) is 5.91 Å². The van der Waals surface area contributed by atoms with E-state index in [0.29, 0.717) is 6.42 Å². The third-order valence-electron chi connectivity index (χ3n) is 3.46. The fraction of sp³-hybridized carbons (Fsp3) is 0.333. The maximum atomic E-state index is 12.0. The Labute approximate surface area is 126 Å². The van der Waals surface area contributed by atoms with E-state index in [0.717, 1.165) is 5.76 Å². The molecule has 3 rings (SSSR count). The smallest absolute Gasteiger partial charge is 0.310 e. The number of carbonyl (C=O) groups is 2. The zero-order chi connectivity index (χ0) is 15.5.